The quantitative estimate of drug-likeness (QED) is 0.550. The molecule has 4 nitrogen and oxygen atoms in total. The fourth-order valence-electron chi connectivity index (χ4n) is 4.80. The van der Waals surface area contributed by atoms with Crippen LogP contribution in [-0.4, -0.2) is 33.9 Å². The molecule has 3 aromatic rings. The van der Waals surface area contributed by atoms with Crippen LogP contribution in [0.15, 0.2) is 42.7 Å². The van der Waals surface area contributed by atoms with Gasteiger partial charge in [-0.2, -0.15) is 5.10 Å². The number of hydrogen-bond donors (Lipinski definition) is 0. The number of aromatic nitrogens is 2. The van der Waals surface area contributed by atoms with Crippen molar-refractivity contribution < 1.29 is 9.13 Å². The molecule has 0 radical (unpaired) electrons. The van der Waals surface area contributed by atoms with Gasteiger partial charge in [0, 0.05) is 35.8 Å². The van der Waals surface area contributed by atoms with E-state index in [9.17, 15) is 4.39 Å². The molecule has 1 spiro atoms. The second-order valence-electron chi connectivity index (χ2n) is 8.44. The minimum Gasteiger partial charge on any atom is -0.369 e. The van der Waals surface area contributed by atoms with Gasteiger partial charge in [-0.05, 0) is 55.5 Å². The summed E-state index contributed by atoms with van der Waals surface area (Å²) in [5.74, 6) is -0.212. The molecular weight excluding hydrogens is 421 g/mol. The number of benzene rings is 1. The van der Waals surface area contributed by atoms with Gasteiger partial charge in [0.2, 0.25) is 0 Å². The lowest BCUT2D eigenvalue weighted by atomic mass is 9.82. The van der Waals surface area contributed by atoms with Gasteiger partial charge in [-0.25, -0.2) is 4.39 Å². The SMILES string of the molecule is C[C@H]1CC2(CCN1Cc1cnn(Cc3ccc(F)cc3)c1)OCCc1cc(Cl)sc12. The summed E-state index contributed by atoms with van der Waals surface area (Å²) in [6.07, 6.45) is 6.97. The Kier molecular flexibility index (Phi) is 5.44. The summed E-state index contributed by atoms with van der Waals surface area (Å²) < 4.78 is 22.3. The summed E-state index contributed by atoms with van der Waals surface area (Å²) in [6.45, 7) is 5.58. The molecule has 1 saturated heterocycles. The Morgan fingerprint density at radius 1 is 1.27 bits per heavy atom. The van der Waals surface area contributed by atoms with Crippen molar-refractivity contribution in [2.45, 2.75) is 50.9 Å². The summed E-state index contributed by atoms with van der Waals surface area (Å²) in [4.78, 5) is 3.86. The lowest BCUT2D eigenvalue weighted by molar-refractivity contribution is -0.110. The van der Waals surface area contributed by atoms with Gasteiger partial charge < -0.3 is 4.74 Å². The van der Waals surface area contributed by atoms with Crippen LogP contribution in [0.1, 0.15) is 41.3 Å². The van der Waals surface area contributed by atoms with E-state index in [2.05, 4.69) is 29.2 Å². The molecule has 30 heavy (non-hydrogen) atoms. The maximum Gasteiger partial charge on any atom is 0.123 e. The molecule has 5 rings (SSSR count). The Hall–Kier alpha value is -1.73. The van der Waals surface area contributed by atoms with Crippen LogP contribution in [0, 0.1) is 5.82 Å². The van der Waals surface area contributed by atoms with Gasteiger partial charge in [0.25, 0.3) is 0 Å². The number of nitrogens with zero attached hydrogens (tertiary/aromatic N) is 3. The first-order valence-corrected chi connectivity index (χ1v) is 11.6. The van der Waals surface area contributed by atoms with E-state index in [1.807, 2.05) is 10.9 Å². The summed E-state index contributed by atoms with van der Waals surface area (Å²) in [5, 5.41) is 4.50. The van der Waals surface area contributed by atoms with Crippen molar-refractivity contribution >= 4 is 22.9 Å². The van der Waals surface area contributed by atoms with Crippen molar-refractivity contribution in [1.29, 1.82) is 0 Å². The van der Waals surface area contributed by atoms with Crippen molar-refractivity contribution in [3.8, 4) is 0 Å². The highest BCUT2D eigenvalue weighted by atomic mass is 35.5. The van der Waals surface area contributed by atoms with E-state index >= 15 is 0 Å². The summed E-state index contributed by atoms with van der Waals surface area (Å²) in [7, 11) is 0. The zero-order valence-corrected chi connectivity index (χ0v) is 18.6. The van der Waals surface area contributed by atoms with Gasteiger partial charge >= 0.3 is 0 Å². The molecule has 2 aliphatic heterocycles. The molecule has 2 atom stereocenters. The highest BCUT2D eigenvalue weighted by Gasteiger charge is 2.44. The number of likely N-dealkylation sites (tertiary alicyclic amines) is 1. The number of halogens is 2. The number of thiophene rings is 1. The molecule has 0 aliphatic carbocycles. The van der Waals surface area contributed by atoms with Crippen molar-refractivity contribution in [3.63, 3.8) is 0 Å². The first kappa shape index (κ1) is 20.2. The van der Waals surface area contributed by atoms with Gasteiger partial charge in [0.1, 0.15) is 11.4 Å². The fourth-order valence-corrected chi connectivity index (χ4v) is 6.28. The predicted molar refractivity (Wildman–Crippen MR) is 117 cm³/mol. The van der Waals surface area contributed by atoms with Crippen molar-refractivity contribution in [2.75, 3.05) is 13.2 Å². The van der Waals surface area contributed by atoms with E-state index in [0.29, 0.717) is 12.6 Å². The van der Waals surface area contributed by atoms with Gasteiger partial charge in [-0.15, -0.1) is 11.3 Å². The number of ether oxygens (including phenoxy) is 1. The van der Waals surface area contributed by atoms with Crippen molar-refractivity contribution in [2.24, 2.45) is 0 Å². The first-order chi connectivity index (χ1) is 14.5. The highest BCUT2D eigenvalue weighted by Crippen LogP contribution is 2.48. The Morgan fingerprint density at radius 3 is 2.90 bits per heavy atom. The molecule has 0 amide bonds. The molecule has 1 aromatic carbocycles. The maximum absolute atomic E-state index is 13.1. The normalized spacial score (nSPS) is 24.3. The topological polar surface area (TPSA) is 30.3 Å². The van der Waals surface area contributed by atoms with E-state index in [-0.39, 0.29) is 11.4 Å². The molecule has 2 aromatic heterocycles. The number of hydrogen-bond acceptors (Lipinski definition) is 4. The molecule has 7 heteroatoms. The predicted octanol–water partition coefficient (Wildman–Crippen LogP) is 5.24. The highest BCUT2D eigenvalue weighted by molar-refractivity contribution is 7.16. The first-order valence-electron chi connectivity index (χ1n) is 10.4. The van der Waals surface area contributed by atoms with Crippen molar-refractivity contribution in [3.05, 3.63) is 74.4 Å². The van der Waals surface area contributed by atoms with Crippen LogP contribution in [0.2, 0.25) is 4.34 Å². The summed E-state index contributed by atoms with van der Waals surface area (Å²) in [6, 6.07) is 9.12. The third kappa shape index (κ3) is 3.94. The zero-order valence-electron chi connectivity index (χ0n) is 17.0. The molecule has 1 fully saturated rings. The third-order valence-electron chi connectivity index (χ3n) is 6.32. The van der Waals surface area contributed by atoms with Crippen molar-refractivity contribution in [1.82, 2.24) is 14.7 Å². The Morgan fingerprint density at radius 2 is 2.10 bits per heavy atom. The van der Waals surface area contributed by atoms with Crippen LogP contribution < -0.4 is 0 Å². The van der Waals surface area contributed by atoms with Crippen LogP contribution in [0.3, 0.4) is 0 Å². The van der Waals surface area contributed by atoms with Crippen LogP contribution in [0.25, 0.3) is 0 Å². The molecule has 0 N–H and O–H groups in total. The van der Waals surface area contributed by atoms with E-state index in [1.54, 1.807) is 23.5 Å². The molecular formula is C23H25ClFN3OS. The van der Waals surface area contributed by atoms with E-state index in [4.69, 9.17) is 16.3 Å². The largest absolute Gasteiger partial charge is 0.369 e. The number of fused-ring (bicyclic) bond motifs is 2. The van der Waals surface area contributed by atoms with E-state index < -0.39 is 0 Å². The summed E-state index contributed by atoms with van der Waals surface area (Å²) in [5.41, 5.74) is 3.44. The monoisotopic (exact) mass is 445 g/mol. The van der Waals surface area contributed by atoms with Crippen LogP contribution in [0.4, 0.5) is 4.39 Å². The van der Waals surface area contributed by atoms with Gasteiger partial charge in [-0.1, -0.05) is 23.7 Å². The standard InChI is InChI=1S/C23H25ClFN3OS/c1-16-11-23(22-19(6-9-29-23)10-21(24)30-22)7-8-27(16)13-18-12-26-28(15-18)14-17-2-4-20(25)5-3-17/h2-5,10,12,15-16H,6-9,11,13-14H2,1H3/t16-,23?/m0/s1. The number of piperidine rings is 1. The van der Waals surface area contributed by atoms with Crippen LogP contribution >= 0.6 is 22.9 Å². The molecule has 2 aliphatic rings. The lowest BCUT2D eigenvalue weighted by Gasteiger charge is -2.47. The molecule has 0 bridgehead atoms. The van der Waals surface area contributed by atoms with Gasteiger partial charge in [-0.3, -0.25) is 9.58 Å². The summed E-state index contributed by atoms with van der Waals surface area (Å²) >= 11 is 8.01. The molecule has 158 valence electrons. The Balaban J connectivity index is 1.25. The van der Waals surface area contributed by atoms with Gasteiger partial charge in [0.15, 0.2) is 0 Å². The fraction of sp³-hybridized carbons (Fsp3) is 0.435. The average Bonchev–Trinajstić information content (AvgIpc) is 3.32. The van der Waals surface area contributed by atoms with Crippen LogP contribution in [0.5, 0.6) is 0 Å². The average molecular weight is 446 g/mol. The third-order valence-corrected chi connectivity index (χ3v) is 7.82. The second kappa shape index (κ2) is 8.08. The molecule has 0 saturated carbocycles. The Bertz CT molecular complexity index is 1030. The number of rotatable bonds is 4. The van der Waals surface area contributed by atoms with E-state index in [0.717, 1.165) is 48.9 Å². The maximum atomic E-state index is 13.1. The van der Waals surface area contributed by atoms with Gasteiger partial charge in [0.05, 0.1) is 23.7 Å². The molecule has 4 heterocycles. The molecule has 1 unspecified atom stereocenters. The zero-order chi connectivity index (χ0) is 20.7. The van der Waals surface area contributed by atoms with Crippen LogP contribution in [-0.2, 0) is 29.8 Å². The minimum absolute atomic E-state index is 0.173. The smallest absolute Gasteiger partial charge is 0.123 e. The Labute approximate surface area is 185 Å². The van der Waals surface area contributed by atoms with E-state index in [1.165, 1.54) is 28.1 Å². The minimum atomic E-state index is -0.212. The second-order valence-corrected chi connectivity index (χ2v) is 10.1. The lowest BCUT2D eigenvalue weighted by Crippen LogP contribution is -2.49.